The van der Waals surface area contributed by atoms with Crippen molar-refractivity contribution in [2.75, 3.05) is 25.5 Å². The molecule has 3 aromatic rings. The van der Waals surface area contributed by atoms with Gasteiger partial charge in [0.25, 0.3) is 5.91 Å². The zero-order chi connectivity index (χ0) is 24.6. The number of amides is 1. The molecule has 0 radical (unpaired) electrons. The molecule has 0 unspecified atom stereocenters. The number of pyridine rings is 1. The number of anilines is 1. The van der Waals surface area contributed by atoms with E-state index < -0.39 is 0 Å². The molecule has 0 bridgehead atoms. The third-order valence-corrected chi connectivity index (χ3v) is 7.55. The number of halogens is 1. The normalized spacial score (nSPS) is 12.5. The summed E-state index contributed by atoms with van der Waals surface area (Å²) in [6, 6.07) is 16.9. The molecule has 2 aromatic carbocycles. The highest BCUT2D eigenvalue weighted by Gasteiger charge is 2.21. The summed E-state index contributed by atoms with van der Waals surface area (Å²) in [5, 5.41) is 4.39. The molecule has 0 saturated carbocycles. The van der Waals surface area contributed by atoms with Crippen molar-refractivity contribution >= 4 is 51.2 Å². The maximum Gasteiger partial charge on any atom is 0.251 e. The quantitative estimate of drug-likeness (QED) is 0.159. The second-order valence-corrected chi connectivity index (χ2v) is 10.9. The number of fused-ring (bicyclic) bond motifs is 2. The van der Waals surface area contributed by atoms with Crippen LogP contribution in [-0.4, -0.2) is 26.5 Å². The summed E-state index contributed by atoms with van der Waals surface area (Å²) in [5.74, 6) is 0.0309. The van der Waals surface area contributed by atoms with Crippen molar-refractivity contribution in [3.8, 4) is 0 Å². The molecule has 5 heteroatoms. The molecule has 0 saturated heterocycles. The summed E-state index contributed by atoms with van der Waals surface area (Å²) >= 11 is 2.25. The van der Waals surface area contributed by atoms with Crippen LogP contribution >= 0.6 is 22.6 Å². The SMILES string of the molecule is CN(C)c1ccc2cc3c([n+](CCCCCCCCNC(=O)c4ccc(I)cc4)c2c1)C=CCC3. The second kappa shape index (κ2) is 12.5. The topological polar surface area (TPSA) is 36.2 Å². The lowest BCUT2D eigenvalue weighted by Crippen LogP contribution is -2.39. The molecule has 4 nitrogen and oxygen atoms in total. The van der Waals surface area contributed by atoms with Crippen molar-refractivity contribution in [3.05, 3.63) is 75.0 Å². The Hall–Kier alpha value is -2.41. The maximum atomic E-state index is 12.2. The van der Waals surface area contributed by atoms with Gasteiger partial charge in [-0.05, 0) is 90.7 Å². The Kier molecular flexibility index (Phi) is 9.18. The van der Waals surface area contributed by atoms with E-state index in [2.05, 4.69) is 87.9 Å². The lowest BCUT2D eigenvalue weighted by atomic mass is 9.98. The number of nitrogens with one attached hydrogen (secondary N) is 1. The lowest BCUT2D eigenvalue weighted by molar-refractivity contribution is -0.674. The highest BCUT2D eigenvalue weighted by molar-refractivity contribution is 14.1. The largest absolute Gasteiger partial charge is 0.377 e. The smallest absolute Gasteiger partial charge is 0.251 e. The van der Waals surface area contributed by atoms with E-state index in [1.807, 2.05) is 24.3 Å². The molecule has 1 heterocycles. The Labute approximate surface area is 223 Å². The van der Waals surface area contributed by atoms with E-state index in [0.29, 0.717) is 0 Å². The molecule has 4 rings (SSSR count). The number of aromatic nitrogens is 1. The van der Waals surface area contributed by atoms with Crippen molar-refractivity contribution < 1.29 is 9.36 Å². The van der Waals surface area contributed by atoms with Crippen LogP contribution in [-0.2, 0) is 13.0 Å². The van der Waals surface area contributed by atoms with Gasteiger partial charge in [0.15, 0.2) is 0 Å². The summed E-state index contributed by atoms with van der Waals surface area (Å²) in [5.41, 5.74) is 6.20. The molecule has 0 fully saturated rings. The van der Waals surface area contributed by atoms with Crippen LogP contribution in [0.3, 0.4) is 0 Å². The third kappa shape index (κ3) is 6.84. The number of benzene rings is 2. The number of carbonyl (C=O) groups is 1. The molecular weight excluding hydrogens is 545 g/mol. The average Bonchev–Trinajstić information content (AvgIpc) is 2.87. The fourth-order valence-corrected chi connectivity index (χ4v) is 5.17. The van der Waals surface area contributed by atoms with Crippen LogP contribution in [0.4, 0.5) is 5.69 Å². The van der Waals surface area contributed by atoms with Crippen molar-refractivity contribution in [3.63, 3.8) is 0 Å². The number of hydrogen-bond donors (Lipinski definition) is 1. The summed E-state index contributed by atoms with van der Waals surface area (Å²) in [7, 11) is 4.22. The van der Waals surface area contributed by atoms with Gasteiger partial charge in [0.1, 0.15) is 6.54 Å². The van der Waals surface area contributed by atoms with E-state index in [1.54, 1.807) is 0 Å². The van der Waals surface area contributed by atoms with Crippen LogP contribution in [0.15, 0.2) is 54.6 Å². The molecule has 184 valence electrons. The first-order valence-electron chi connectivity index (χ1n) is 12.9. The van der Waals surface area contributed by atoms with E-state index in [9.17, 15) is 4.79 Å². The van der Waals surface area contributed by atoms with Crippen LogP contribution in [0, 0.1) is 3.57 Å². The Morgan fingerprint density at radius 1 is 0.971 bits per heavy atom. The van der Waals surface area contributed by atoms with Crippen molar-refractivity contribution in [2.24, 2.45) is 0 Å². The molecule has 35 heavy (non-hydrogen) atoms. The highest BCUT2D eigenvalue weighted by atomic mass is 127. The average molecular weight is 583 g/mol. The number of hydrogen-bond acceptors (Lipinski definition) is 2. The number of unbranched alkanes of at least 4 members (excludes halogenated alkanes) is 5. The Bertz CT molecular complexity index is 1180. The van der Waals surface area contributed by atoms with E-state index >= 15 is 0 Å². The molecule has 0 aliphatic heterocycles. The molecule has 1 N–H and O–H groups in total. The maximum absolute atomic E-state index is 12.2. The van der Waals surface area contributed by atoms with Gasteiger partial charge in [-0.2, -0.15) is 4.57 Å². The first kappa shape index (κ1) is 25.7. The van der Waals surface area contributed by atoms with Gasteiger partial charge in [0.05, 0.1) is 0 Å². The molecular formula is C30H37IN3O+. The minimum absolute atomic E-state index is 0.0309. The summed E-state index contributed by atoms with van der Waals surface area (Å²) in [4.78, 5) is 14.4. The number of aryl methyl sites for hydroxylation is 2. The summed E-state index contributed by atoms with van der Waals surface area (Å²) in [6.07, 6.45) is 14.0. The van der Waals surface area contributed by atoms with E-state index in [0.717, 1.165) is 41.5 Å². The summed E-state index contributed by atoms with van der Waals surface area (Å²) < 4.78 is 3.70. The zero-order valence-electron chi connectivity index (χ0n) is 21.0. The number of nitrogens with zero attached hydrogens (tertiary/aromatic N) is 2. The second-order valence-electron chi connectivity index (χ2n) is 9.67. The molecule has 0 atom stereocenters. The van der Waals surface area contributed by atoms with Crippen molar-refractivity contribution in [2.45, 2.75) is 57.9 Å². The molecule has 1 aliphatic rings. The minimum atomic E-state index is 0.0309. The number of carbonyl (C=O) groups excluding carboxylic acids is 1. The first-order valence-corrected chi connectivity index (χ1v) is 14.0. The predicted molar refractivity (Wildman–Crippen MR) is 155 cm³/mol. The van der Waals surface area contributed by atoms with Crippen LogP contribution in [0.5, 0.6) is 0 Å². The number of rotatable bonds is 11. The zero-order valence-corrected chi connectivity index (χ0v) is 23.2. The first-order chi connectivity index (χ1) is 17.0. The van der Waals surface area contributed by atoms with Gasteiger partial charge < -0.3 is 10.2 Å². The predicted octanol–water partition coefficient (Wildman–Crippen LogP) is 6.53. The number of allylic oxidation sites excluding steroid dienone is 1. The van der Waals surface area contributed by atoms with Crippen molar-refractivity contribution in [1.29, 1.82) is 0 Å². The van der Waals surface area contributed by atoms with Gasteiger partial charge in [-0.25, -0.2) is 0 Å². The molecule has 1 aliphatic carbocycles. The molecule has 1 amide bonds. The van der Waals surface area contributed by atoms with E-state index in [-0.39, 0.29) is 5.91 Å². The molecule has 0 spiro atoms. The fraction of sp³-hybridized carbons (Fsp3) is 0.400. The van der Waals surface area contributed by atoms with Crippen LogP contribution in [0.25, 0.3) is 17.0 Å². The fourth-order valence-electron chi connectivity index (χ4n) is 4.81. The van der Waals surface area contributed by atoms with Gasteiger partial charge >= 0.3 is 0 Å². The minimum Gasteiger partial charge on any atom is -0.377 e. The highest BCUT2D eigenvalue weighted by Crippen LogP contribution is 2.25. The monoisotopic (exact) mass is 582 g/mol. The van der Waals surface area contributed by atoms with Gasteiger partial charge in [0.2, 0.25) is 11.2 Å². The van der Waals surface area contributed by atoms with E-state index in [1.165, 1.54) is 60.0 Å². The molecule has 1 aromatic heterocycles. The lowest BCUT2D eigenvalue weighted by Gasteiger charge is -2.16. The van der Waals surface area contributed by atoms with E-state index in [4.69, 9.17) is 0 Å². The Balaban J connectivity index is 1.23. The van der Waals surface area contributed by atoms with Crippen LogP contribution in [0.2, 0.25) is 0 Å². The Morgan fingerprint density at radius 3 is 2.49 bits per heavy atom. The Morgan fingerprint density at radius 2 is 1.71 bits per heavy atom. The van der Waals surface area contributed by atoms with Gasteiger partial charge in [-0.3, -0.25) is 4.79 Å². The van der Waals surface area contributed by atoms with Gasteiger partial charge in [0, 0.05) is 65.0 Å². The van der Waals surface area contributed by atoms with Crippen LogP contribution < -0.4 is 14.8 Å². The summed E-state index contributed by atoms with van der Waals surface area (Å²) in [6.45, 7) is 1.82. The van der Waals surface area contributed by atoms with Crippen LogP contribution in [0.1, 0.15) is 66.6 Å². The van der Waals surface area contributed by atoms with Crippen molar-refractivity contribution in [1.82, 2.24) is 5.32 Å². The standard InChI is InChI=1S/C30H36IN3O/c1-33(2)27-18-15-25-21-24-11-7-8-12-28(24)34(29(25)22-27)20-10-6-4-3-5-9-19-32-30(35)23-13-16-26(31)17-14-23/h8,12-18,21-22H,3-7,9-11,19-20H2,1-2H3/p+1. The van der Waals surface area contributed by atoms with Gasteiger partial charge in [-0.1, -0.05) is 25.3 Å². The van der Waals surface area contributed by atoms with Gasteiger partial charge in [-0.15, -0.1) is 0 Å². The third-order valence-electron chi connectivity index (χ3n) is 6.83.